The number of aliphatic hydroxyl groups is 4. The van der Waals surface area contributed by atoms with Crippen LogP contribution in [0.3, 0.4) is 0 Å². The molecule has 0 radical (unpaired) electrons. The summed E-state index contributed by atoms with van der Waals surface area (Å²) in [5.74, 6) is -0.588. The summed E-state index contributed by atoms with van der Waals surface area (Å²) in [5.41, 5.74) is 0. The Morgan fingerprint density at radius 1 is 0.353 bits per heavy atom. The van der Waals surface area contributed by atoms with E-state index in [0.717, 1.165) is 38.5 Å². The summed E-state index contributed by atoms with van der Waals surface area (Å²) in [6, 6.07) is -1.00. The van der Waals surface area contributed by atoms with Gasteiger partial charge in [-0.3, -0.25) is 4.79 Å². The van der Waals surface area contributed by atoms with Crippen molar-refractivity contribution >= 4 is 5.91 Å². The van der Waals surface area contributed by atoms with Crippen molar-refractivity contribution in [2.75, 3.05) is 6.61 Å². The van der Waals surface area contributed by atoms with Crippen LogP contribution in [0.15, 0.2) is 24.3 Å². The Bertz CT molecular complexity index is 1030. The molecule has 0 spiro atoms. The summed E-state index contributed by atoms with van der Waals surface area (Å²) in [7, 11) is 0. The highest BCUT2D eigenvalue weighted by Crippen LogP contribution is 2.18. The van der Waals surface area contributed by atoms with Crippen LogP contribution < -0.4 is 5.32 Å². The first-order chi connectivity index (χ1) is 33.5. The second kappa shape index (κ2) is 56.7. The molecule has 0 bridgehead atoms. The number of nitrogens with one attached hydrogen (secondary N) is 1. The second-order valence-corrected chi connectivity index (χ2v) is 21.4. The molecule has 4 atom stereocenters. The lowest BCUT2D eigenvalue weighted by molar-refractivity contribution is -0.132. The summed E-state index contributed by atoms with van der Waals surface area (Å²) in [6.45, 7) is 4.08. The van der Waals surface area contributed by atoms with Crippen molar-refractivity contribution in [1.29, 1.82) is 0 Å². The minimum Gasteiger partial charge on any atom is -0.394 e. The van der Waals surface area contributed by atoms with Crippen LogP contribution in [0.25, 0.3) is 0 Å². The third-order valence-corrected chi connectivity index (χ3v) is 14.6. The number of allylic oxidation sites excluding steroid dienone is 4. The summed E-state index contributed by atoms with van der Waals surface area (Å²) < 4.78 is 0. The van der Waals surface area contributed by atoms with E-state index in [1.165, 1.54) is 270 Å². The zero-order valence-corrected chi connectivity index (χ0v) is 45.9. The molecule has 0 aliphatic rings. The molecular formula is C62H121NO5. The van der Waals surface area contributed by atoms with Gasteiger partial charge in [0.2, 0.25) is 5.91 Å². The summed E-state index contributed by atoms with van der Waals surface area (Å²) >= 11 is 0. The topological polar surface area (TPSA) is 110 Å². The number of carbonyl (C=O) groups is 1. The first-order valence-electron chi connectivity index (χ1n) is 30.7. The van der Waals surface area contributed by atoms with Gasteiger partial charge in [0.15, 0.2) is 0 Å². The van der Waals surface area contributed by atoms with E-state index in [9.17, 15) is 25.2 Å². The van der Waals surface area contributed by atoms with Gasteiger partial charge in [0.1, 0.15) is 12.2 Å². The van der Waals surface area contributed by atoms with E-state index in [1.54, 1.807) is 0 Å². The smallest absolute Gasteiger partial charge is 0.249 e. The van der Waals surface area contributed by atoms with Gasteiger partial charge in [0, 0.05) is 0 Å². The molecule has 0 saturated carbocycles. The van der Waals surface area contributed by atoms with Crippen molar-refractivity contribution in [2.45, 2.75) is 359 Å². The van der Waals surface area contributed by atoms with Crippen LogP contribution in [0.2, 0.25) is 0 Å². The Morgan fingerprint density at radius 2 is 0.603 bits per heavy atom. The van der Waals surface area contributed by atoms with Crippen LogP contribution in [-0.2, 0) is 4.79 Å². The number of hydrogen-bond donors (Lipinski definition) is 5. The lowest BCUT2D eigenvalue weighted by atomic mass is 10.00. The second-order valence-electron chi connectivity index (χ2n) is 21.4. The molecule has 1 amide bonds. The standard InChI is InChI=1S/C62H121NO5/c1-3-5-7-9-11-13-15-17-19-21-23-24-25-26-27-28-29-30-31-32-33-34-35-36-37-38-40-42-44-46-48-50-52-54-56-60(66)62(68)63-58(57-64)61(67)59(65)55-53-51-49-47-45-43-41-39-22-20-18-16-14-12-10-8-6-4-2/h28-29,47,49,58-61,64-67H,3-27,30-46,48,50-57H2,1-2H3,(H,63,68)/b29-28-,49-47+. The van der Waals surface area contributed by atoms with Crippen LogP contribution in [0.5, 0.6) is 0 Å². The quantitative estimate of drug-likeness (QED) is 0.0308. The van der Waals surface area contributed by atoms with Crippen molar-refractivity contribution in [3.05, 3.63) is 24.3 Å². The number of carbonyl (C=O) groups excluding carboxylic acids is 1. The molecule has 6 heteroatoms. The Balaban J connectivity index is 3.56. The highest BCUT2D eigenvalue weighted by molar-refractivity contribution is 5.80. The molecule has 0 fully saturated rings. The number of amides is 1. The van der Waals surface area contributed by atoms with Gasteiger partial charge in [-0.15, -0.1) is 0 Å². The fourth-order valence-corrected chi connectivity index (χ4v) is 9.82. The Morgan fingerprint density at radius 3 is 0.882 bits per heavy atom. The van der Waals surface area contributed by atoms with E-state index in [-0.39, 0.29) is 0 Å². The van der Waals surface area contributed by atoms with Crippen LogP contribution >= 0.6 is 0 Å². The molecular weight excluding hydrogens is 839 g/mol. The summed E-state index contributed by atoms with van der Waals surface area (Å²) in [5, 5.41) is 44.0. The van der Waals surface area contributed by atoms with Gasteiger partial charge in [-0.1, -0.05) is 295 Å². The van der Waals surface area contributed by atoms with Crippen molar-refractivity contribution in [3.8, 4) is 0 Å². The average Bonchev–Trinajstić information content (AvgIpc) is 3.34. The fraction of sp³-hybridized carbons (Fsp3) is 0.919. The van der Waals surface area contributed by atoms with Crippen LogP contribution in [0.1, 0.15) is 335 Å². The summed E-state index contributed by atoms with van der Waals surface area (Å²) in [6.07, 6.45) is 69.9. The molecule has 0 aliphatic heterocycles. The average molecular weight is 961 g/mol. The predicted octanol–water partition coefficient (Wildman–Crippen LogP) is 18.2. The lowest BCUT2D eigenvalue weighted by Crippen LogP contribution is -2.53. The monoisotopic (exact) mass is 960 g/mol. The van der Waals surface area contributed by atoms with Gasteiger partial charge in [-0.05, 0) is 64.2 Å². The minimum atomic E-state index is -1.28. The van der Waals surface area contributed by atoms with Crippen molar-refractivity contribution in [2.24, 2.45) is 0 Å². The van der Waals surface area contributed by atoms with E-state index >= 15 is 0 Å². The molecule has 6 nitrogen and oxygen atoms in total. The molecule has 0 saturated heterocycles. The van der Waals surface area contributed by atoms with Gasteiger partial charge in [0.25, 0.3) is 0 Å². The van der Waals surface area contributed by atoms with Crippen molar-refractivity contribution in [1.82, 2.24) is 5.32 Å². The Kier molecular flexibility index (Phi) is 55.7. The highest BCUT2D eigenvalue weighted by Gasteiger charge is 2.28. The van der Waals surface area contributed by atoms with Gasteiger partial charge >= 0.3 is 0 Å². The molecule has 0 aromatic carbocycles. The molecule has 68 heavy (non-hydrogen) atoms. The third kappa shape index (κ3) is 49.8. The number of hydrogen-bond acceptors (Lipinski definition) is 5. The van der Waals surface area contributed by atoms with Crippen LogP contribution in [-0.4, -0.2) is 57.3 Å². The molecule has 404 valence electrons. The molecule has 0 aliphatic carbocycles. The van der Waals surface area contributed by atoms with Crippen molar-refractivity contribution in [3.63, 3.8) is 0 Å². The minimum absolute atomic E-state index is 0.366. The van der Waals surface area contributed by atoms with Crippen LogP contribution in [0.4, 0.5) is 0 Å². The van der Waals surface area contributed by atoms with E-state index in [1.807, 2.05) is 0 Å². The van der Waals surface area contributed by atoms with Gasteiger partial charge in [-0.25, -0.2) is 0 Å². The Labute approximate surface area is 425 Å². The predicted molar refractivity (Wildman–Crippen MR) is 298 cm³/mol. The lowest BCUT2D eigenvalue weighted by Gasteiger charge is -2.27. The normalized spacial score (nSPS) is 13.8. The largest absolute Gasteiger partial charge is 0.394 e. The SMILES string of the molecule is CCCCCCCCCCCCCCC/C=C/CCCC(O)C(O)C(CO)NC(=O)C(O)CCCCCCCCCCCCCCCCCC/C=C\CCCCCCCCCCCCCCCC. The first kappa shape index (κ1) is 66.8. The van der Waals surface area contributed by atoms with Crippen LogP contribution in [0, 0.1) is 0 Å². The Hall–Kier alpha value is -1.21. The van der Waals surface area contributed by atoms with Crippen molar-refractivity contribution < 1.29 is 25.2 Å². The summed E-state index contributed by atoms with van der Waals surface area (Å²) in [4.78, 5) is 12.6. The molecule has 4 unspecified atom stereocenters. The highest BCUT2D eigenvalue weighted by atomic mass is 16.3. The zero-order valence-electron chi connectivity index (χ0n) is 45.9. The maximum Gasteiger partial charge on any atom is 0.249 e. The van der Waals surface area contributed by atoms with Gasteiger partial charge < -0.3 is 25.7 Å². The maximum atomic E-state index is 12.6. The van der Waals surface area contributed by atoms with E-state index in [4.69, 9.17) is 0 Å². The molecule has 5 N–H and O–H groups in total. The molecule has 0 aromatic heterocycles. The molecule has 0 aromatic rings. The molecule has 0 rings (SSSR count). The van der Waals surface area contributed by atoms with E-state index in [2.05, 4.69) is 43.5 Å². The number of unbranched alkanes of at least 4 members (excludes halogenated alkanes) is 44. The van der Waals surface area contributed by atoms with Gasteiger partial charge in [0.05, 0.1) is 18.8 Å². The fourth-order valence-electron chi connectivity index (χ4n) is 9.82. The van der Waals surface area contributed by atoms with E-state index < -0.39 is 36.9 Å². The van der Waals surface area contributed by atoms with Gasteiger partial charge in [-0.2, -0.15) is 0 Å². The first-order valence-corrected chi connectivity index (χ1v) is 30.7. The third-order valence-electron chi connectivity index (χ3n) is 14.6. The molecule has 0 heterocycles. The number of aliphatic hydroxyl groups excluding tert-OH is 4. The zero-order chi connectivity index (χ0) is 49.5. The maximum absolute atomic E-state index is 12.6. The number of rotatable bonds is 57. The van der Waals surface area contributed by atoms with E-state index in [0.29, 0.717) is 12.8 Å².